The molecule has 0 aliphatic heterocycles. The standard InChI is InChI=1S/C18H15N3O4/c19-10-13(18(25)21-15-5-7-16(22)8-6-15)11-20-14-3-1-12(2-4-14)9-17(23)24/h1-8,11,20,22H,9H2,(H,21,25)(H,23,24)/b13-11-. The van der Waals surface area contributed by atoms with Crippen LogP contribution in [0.4, 0.5) is 11.4 Å². The monoisotopic (exact) mass is 337 g/mol. The Morgan fingerprint density at radius 3 is 2.20 bits per heavy atom. The van der Waals surface area contributed by atoms with Crippen LogP contribution < -0.4 is 10.6 Å². The number of nitrogens with zero attached hydrogens (tertiary/aromatic N) is 1. The molecule has 25 heavy (non-hydrogen) atoms. The van der Waals surface area contributed by atoms with E-state index in [4.69, 9.17) is 10.4 Å². The molecule has 0 aliphatic rings. The summed E-state index contributed by atoms with van der Waals surface area (Å²) < 4.78 is 0. The fourth-order valence-corrected chi connectivity index (χ4v) is 1.94. The number of aromatic hydroxyl groups is 1. The van der Waals surface area contributed by atoms with E-state index in [1.54, 1.807) is 30.3 Å². The Morgan fingerprint density at radius 2 is 1.64 bits per heavy atom. The Labute approximate surface area is 143 Å². The van der Waals surface area contributed by atoms with Crippen LogP contribution in [0.25, 0.3) is 0 Å². The van der Waals surface area contributed by atoms with E-state index < -0.39 is 11.9 Å². The van der Waals surface area contributed by atoms with E-state index in [0.717, 1.165) is 0 Å². The zero-order valence-corrected chi connectivity index (χ0v) is 13.1. The van der Waals surface area contributed by atoms with Gasteiger partial charge in [0.1, 0.15) is 17.4 Å². The van der Waals surface area contributed by atoms with E-state index in [1.165, 1.54) is 30.5 Å². The van der Waals surface area contributed by atoms with Crippen molar-refractivity contribution in [2.45, 2.75) is 6.42 Å². The molecule has 7 heteroatoms. The number of carboxylic acids is 1. The van der Waals surface area contributed by atoms with Gasteiger partial charge in [-0.2, -0.15) is 5.26 Å². The molecule has 0 atom stereocenters. The van der Waals surface area contributed by atoms with E-state index in [-0.39, 0.29) is 17.7 Å². The van der Waals surface area contributed by atoms with E-state index in [2.05, 4.69) is 10.6 Å². The molecule has 0 aromatic heterocycles. The number of carbonyl (C=O) groups excluding carboxylic acids is 1. The van der Waals surface area contributed by atoms with Gasteiger partial charge in [-0.3, -0.25) is 9.59 Å². The van der Waals surface area contributed by atoms with Crippen LogP contribution in [0.5, 0.6) is 5.75 Å². The molecule has 4 N–H and O–H groups in total. The maximum atomic E-state index is 12.1. The maximum Gasteiger partial charge on any atom is 0.307 e. The van der Waals surface area contributed by atoms with Crippen molar-refractivity contribution in [3.8, 4) is 11.8 Å². The molecule has 2 rings (SSSR count). The second-order valence-electron chi connectivity index (χ2n) is 5.08. The minimum atomic E-state index is -0.918. The summed E-state index contributed by atoms with van der Waals surface area (Å²) in [5, 5.41) is 32.4. The van der Waals surface area contributed by atoms with E-state index in [0.29, 0.717) is 16.9 Å². The number of carbonyl (C=O) groups is 2. The van der Waals surface area contributed by atoms with Crippen molar-refractivity contribution < 1.29 is 19.8 Å². The molecule has 0 heterocycles. The largest absolute Gasteiger partial charge is 0.508 e. The van der Waals surface area contributed by atoms with Crippen LogP contribution >= 0.6 is 0 Å². The van der Waals surface area contributed by atoms with Crippen molar-refractivity contribution in [2.24, 2.45) is 0 Å². The van der Waals surface area contributed by atoms with Crippen molar-refractivity contribution in [3.05, 3.63) is 65.9 Å². The predicted molar refractivity (Wildman–Crippen MR) is 91.8 cm³/mol. The second kappa shape index (κ2) is 8.17. The maximum absolute atomic E-state index is 12.1. The molecule has 2 aromatic rings. The SMILES string of the molecule is N#C/C(=C/Nc1ccc(CC(=O)O)cc1)C(=O)Nc1ccc(O)cc1. The lowest BCUT2D eigenvalue weighted by molar-refractivity contribution is -0.136. The Kier molecular flexibility index (Phi) is 5.74. The zero-order chi connectivity index (χ0) is 18.2. The number of phenols is 1. The van der Waals surface area contributed by atoms with Crippen molar-refractivity contribution in [1.82, 2.24) is 0 Å². The fraction of sp³-hybridized carbons (Fsp3) is 0.0556. The summed E-state index contributed by atoms with van der Waals surface area (Å²) in [6.45, 7) is 0. The number of nitriles is 1. The van der Waals surface area contributed by atoms with Crippen LogP contribution in [0.3, 0.4) is 0 Å². The third-order valence-electron chi connectivity index (χ3n) is 3.18. The number of anilines is 2. The first-order valence-corrected chi connectivity index (χ1v) is 7.26. The van der Waals surface area contributed by atoms with Crippen LogP contribution in [-0.2, 0) is 16.0 Å². The van der Waals surface area contributed by atoms with Gasteiger partial charge in [0.05, 0.1) is 6.42 Å². The van der Waals surface area contributed by atoms with Gasteiger partial charge in [-0.15, -0.1) is 0 Å². The molecule has 0 saturated carbocycles. The molecule has 7 nitrogen and oxygen atoms in total. The molecule has 0 radical (unpaired) electrons. The van der Waals surface area contributed by atoms with Gasteiger partial charge in [0, 0.05) is 17.6 Å². The average molecular weight is 337 g/mol. The van der Waals surface area contributed by atoms with E-state index >= 15 is 0 Å². The Balaban J connectivity index is 2.01. The van der Waals surface area contributed by atoms with Crippen LogP contribution in [0.15, 0.2) is 60.3 Å². The summed E-state index contributed by atoms with van der Waals surface area (Å²) >= 11 is 0. The van der Waals surface area contributed by atoms with Crippen molar-refractivity contribution in [1.29, 1.82) is 5.26 Å². The Hall–Kier alpha value is -3.79. The molecule has 0 spiro atoms. The summed E-state index contributed by atoms with van der Waals surface area (Å²) in [7, 11) is 0. The molecule has 0 unspecified atom stereocenters. The van der Waals surface area contributed by atoms with Gasteiger partial charge < -0.3 is 20.8 Å². The number of hydrogen-bond donors (Lipinski definition) is 4. The van der Waals surface area contributed by atoms with Crippen molar-refractivity contribution in [3.63, 3.8) is 0 Å². The van der Waals surface area contributed by atoms with Gasteiger partial charge in [0.15, 0.2) is 0 Å². The van der Waals surface area contributed by atoms with Gasteiger partial charge in [-0.1, -0.05) is 12.1 Å². The Bertz CT molecular complexity index is 834. The summed E-state index contributed by atoms with van der Waals surface area (Å²) in [5.41, 5.74) is 1.57. The predicted octanol–water partition coefficient (Wildman–Crippen LogP) is 2.48. The van der Waals surface area contributed by atoms with Crippen LogP contribution in [0.1, 0.15) is 5.56 Å². The molecule has 0 aliphatic carbocycles. The summed E-state index contributed by atoms with van der Waals surface area (Å²) in [4.78, 5) is 22.7. The Morgan fingerprint density at radius 1 is 1.04 bits per heavy atom. The smallest absolute Gasteiger partial charge is 0.307 e. The van der Waals surface area contributed by atoms with Crippen molar-refractivity contribution >= 4 is 23.3 Å². The molecule has 126 valence electrons. The van der Waals surface area contributed by atoms with Gasteiger partial charge in [-0.25, -0.2) is 0 Å². The minimum Gasteiger partial charge on any atom is -0.508 e. The molecule has 0 saturated heterocycles. The van der Waals surface area contributed by atoms with Crippen molar-refractivity contribution in [2.75, 3.05) is 10.6 Å². The van der Waals surface area contributed by atoms with E-state index in [1.807, 2.05) is 0 Å². The lowest BCUT2D eigenvalue weighted by atomic mass is 10.1. The minimum absolute atomic E-state index is 0.0714. The number of aliphatic carboxylic acids is 1. The first-order valence-electron chi connectivity index (χ1n) is 7.26. The first-order chi connectivity index (χ1) is 12.0. The number of carboxylic acid groups (broad SMARTS) is 1. The highest BCUT2D eigenvalue weighted by Crippen LogP contribution is 2.15. The van der Waals surface area contributed by atoms with Crippen LogP contribution in [-0.4, -0.2) is 22.1 Å². The third-order valence-corrected chi connectivity index (χ3v) is 3.18. The number of amides is 1. The number of rotatable bonds is 6. The molecular formula is C18H15N3O4. The molecule has 2 aromatic carbocycles. The summed E-state index contributed by atoms with van der Waals surface area (Å²) in [5.74, 6) is -1.44. The number of phenolic OH excluding ortho intramolecular Hbond substituents is 1. The van der Waals surface area contributed by atoms with Crippen LogP contribution in [0.2, 0.25) is 0 Å². The normalized spacial score (nSPS) is 10.6. The quantitative estimate of drug-likeness (QED) is 0.365. The fourth-order valence-electron chi connectivity index (χ4n) is 1.94. The number of nitrogens with one attached hydrogen (secondary N) is 2. The first kappa shape index (κ1) is 17.6. The highest BCUT2D eigenvalue weighted by molar-refractivity contribution is 6.06. The molecular weight excluding hydrogens is 322 g/mol. The topological polar surface area (TPSA) is 122 Å². The van der Waals surface area contributed by atoms with E-state index in [9.17, 15) is 14.7 Å². The second-order valence-corrected chi connectivity index (χ2v) is 5.08. The summed E-state index contributed by atoms with van der Waals surface area (Å²) in [6, 6.07) is 14.3. The van der Waals surface area contributed by atoms with Gasteiger partial charge >= 0.3 is 5.97 Å². The lowest BCUT2D eigenvalue weighted by Gasteiger charge is -2.06. The lowest BCUT2D eigenvalue weighted by Crippen LogP contribution is -2.14. The summed E-state index contributed by atoms with van der Waals surface area (Å²) in [6.07, 6.45) is 1.19. The third kappa shape index (κ3) is 5.41. The van der Waals surface area contributed by atoms with Gasteiger partial charge in [0.2, 0.25) is 0 Å². The zero-order valence-electron chi connectivity index (χ0n) is 13.1. The average Bonchev–Trinajstić information content (AvgIpc) is 2.58. The highest BCUT2D eigenvalue weighted by atomic mass is 16.4. The van der Waals surface area contributed by atoms with Gasteiger partial charge in [-0.05, 0) is 42.0 Å². The van der Waals surface area contributed by atoms with Gasteiger partial charge in [0.25, 0.3) is 5.91 Å². The molecule has 0 bridgehead atoms. The molecule has 0 fully saturated rings. The highest BCUT2D eigenvalue weighted by Gasteiger charge is 2.09. The number of benzene rings is 2. The number of hydrogen-bond acceptors (Lipinski definition) is 5. The molecule has 1 amide bonds. The van der Waals surface area contributed by atoms with Crippen LogP contribution in [0, 0.1) is 11.3 Å².